The summed E-state index contributed by atoms with van der Waals surface area (Å²) in [6, 6.07) is 1.83. The molecular weight excluding hydrogens is 244 g/mol. The summed E-state index contributed by atoms with van der Waals surface area (Å²) in [5.74, 6) is 1.13. The van der Waals surface area contributed by atoms with Crippen LogP contribution in [0, 0.1) is 0 Å². The van der Waals surface area contributed by atoms with Gasteiger partial charge in [0, 0.05) is 16.6 Å². The summed E-state index contributed by atoms with van der Waals surface area (Å²) in [5.41, 5.74) is 7.17. The van der Waals surface area contributed by atoms with E-state index < -0.39 is 0 Å². The van der Waals surface area contributed by atoms with Crippen molar-refractivity contribution < 1.29 is 0 Å². The molecule has 4 nitrogen and oxygen atoms in total. The van der Waals surface area contributed by atoms with Crippen LogP contribution in [0.25, 0.3) is 5.65 Å². The van der Waals surface area contributed by atoms with Crippen LogP contribution in [0.15, 0.2) is 16.7 Å². The Labute approximate surface area is 90.3 Å². The van der Waals surface area contributed by atoms with Crippen LogP contribution in [-0.2, 0) is 0 Å². The van der Waals surface area contributed by atoms with E-state index in [2.05, 4.69) is 39.9 Å². The molecule has 0 aromatic carbocycles. The molecule has 0 saturated heterocycles. The number of halogens is 1. The monoisotopic (exact) mass is 254 g/mol. The molecule has 0 aliphatic carbocycles. The van der Waals surface area contributed by atoms with Crippen molar-refractivity contribution in [3.8, 4) is 0 Å². The van der Waals surface area contributed by atoms with E-state index in [0.717, 1.165) is 15.9 Å². The molecule has 0 bridgehead atoms. The Hall–Kier alpha value is -1.10. The number of hydrogen-bond acceptors (Lipinski definition) is 3. The summed E-state index contributed by atoms with van der Waals surface area (Å²) in [7, 11) is 0. The van der Waals surface area contributed by atoms with E-state index in [1.807, 2.05) is 12.3 Å². The second-order valence-corrected chi connectivity index (χ2v) is 4.42. The van der Waals surface area contributed by atoms with E-state index in [9.17, 15) is 0 Å². The van der Waals surface area contributed by atoms with E-state index in [1.54, 1.807) is 4.52 Å². The lowest BCUT2D eigenvalue weighted by molar-refractivity contribution is 0.765. The van der Waals surface area contributed by atoms with Crippen LogP contribution in [0.3, 0.4) is 0 Å². The molecule has 2 aromatic rings. The number of anilines is 1. The molecule has 2 heterocycles. The Morgan fingerprint density at radius 3 is 2.86 bits per heavy atom. The maximum atomic E-state index is 5.82. The van der Waals surface area contributed by atoms with Gasteiger partial charge < -0.3 is 5.73 Å². The molecule has 0 fully saturated rings. The Balaban J connectivity index is 2.70. The summed E-state index contributed by atoms with van der Waals surface area (Å²) >= 11 is 3.36. The zero-order chi connectivity index (χ0) is 10.3. The lowest BCUT2D eigenvalue weighted by atomic mass is 10.2. The number of nitrogen functional groups attached to an aromatic ring is 1. The molecule has 0 aliphatic heterocycles. The maximum absolute atomic E-state index is 5.82. The van der Waals surface area contributed by atoms with Gasteiger partial charge in [-0.25, -0.2) is 9.50 Å². The van der Waals surface area contributed by atoms with Gasteiger partial charge in [-0.2, -0.15) is 5.10 Å². The molecule has 5 heteroatoms. The first-order chi connectivity index (χ1) is 6.58. The minimum atomic E-state index is 0.313. The predicted octanol–water partition coefficient (Wildman–Crippen LogP) is 2.20. The molecule has 14 heavy (non-hydrogen) atoms. The zero-order valence-electron chi connectivity index (χ0n) is 8.03. The highest BCUT2D eigenvalue weighted by Gasteiger charge is 2.09. The number of nitrogens with two attached hydrogens (primary N) is 1. The van der Waals surface area contributed by atoms with Gasteiger partial charge in [0.05, 0.1) is 5.69 Å². The number of fused-ring (bicyclic) bond motifs is 1. The van der Waals surface area contributed by atoms with E-state index in [4.69, 9.17) is 5.73 Å². The van der Waals surface area contributed by atoms with Gasteiger partial charge >= 0.3 is 0 Å². The minimum absolute atomic E-state index is 0.313. The van der Waals surface area contributed by atoms with Crippen LogP contribution >= 0.6 is 15.9 Å². The third-order valence-electron chi connectivity index (χ3n) is 1.96. The zero-order valence-corrected chi connectivity index (χ0v) is 9.62. The summed E-state index contributed by atoms with van der Waals surface area (Å²) in [5, 5.41) is 4.33. The summed E-state index contributed by atoms with van der Waals surface area (Å²) < 4.78 is 2.61. The average molecular weight is 255 g/mol. The lowest BCUT2D eigenvalue weighted by Crippen LogP contribution is -1.93. The highest BCUT2D eigenvalue weighted by molar-refractivity contribution is 9.10. The second-order valence-electron chi connectivity index (χ2n) is 3.51. The van der Waals surface area contributed by atoms with Crippen molar-refractivity contribution >= 4 is 27.3 Å². The first-order valence-electron chi connectivity index (χ1n) is 4.39. The number of pyridine rings is 1. The van der Waals surface area contributed by atoms with Crippen LogP contribution in [0.4, 0.5) is 5.69 Å². The number of rotatable bonds is 1. The largest absolute Gasteiger partial charge is 0.396 e. The summed E-state index contributed by atoms with van der Waals surface area (Å²) in [6.45, 7) is 4.11. The fourth-order valence-electron chi connectivity index (χ4n) is 1.24. The van der Waals surface area contributed by atoms with Gasteiger partial charge in [-0.1, -0.05) is 13.8 Å². The third-order valence-corrected chi connectivity index (χ3v) is 2.39. The molecule has 0 spiro atoms. The Morgan fingerprint density at radius 1 is 1.50 bits per heavy atom. The molecule has 2 rings (SSSR count). The smallest absolute Gasteiger partial charge is 0.178 e. The molecule has 0 saturated carbocycles. The van der Waals surface area contributed by atoms with Crippen molar-refractivity contribution in [1.82, 2.24) is 14.6 Å². The molecule has 74 valence electrons. The minimum Gasteiger partial charge on any atom is -0.396 e. The molecular formula is C9H11BrN4. The van der Waals surface area contributed by atoms with Crippen LogP contribution in [0.5, 0.6) is 0 Å². The predicted molar refractivity (Wildman–Crippen MR) is 59.2 cm³/mol. The highest BCUT2D eigenvalue weighted by Crippen LogP contribution is 2.20. The van der Waals surface area contributed by atoms with E-state index in [1.165, 1.54) is 0 Å². The van der Waals surface area contributed by atoms with Gasteiger partial charge in [0.2, 0.25) is 0 Å². The van der Waals surface area contributed by atoms with E-state index in [-0.39, 0.29) is 0 Å². The molecule has 0 radical (unpaired) electrons. The molecule has 0 amide bonds. The normalized spacial score (nSPS) is 11.4. The van der Waals surface area contributed by atoms with Crippen molar-refractivity contribution in [1.29, 1.82) is 0 Å². The molecule has 0 atom stereocenters. The van der Waals surface area contributed by atoms with Crippen LogP contribution in [-0.4, -0.2) is 14.6 Å². The van der Waals surface area contributed by atoms with E-state index >= 15 is 0 Å². The molecule has 2 N–H and O–H groups in total. The fraction of sp³-hybridized carbons (Fsp3) is 0.333. The van der Waals surface area contributed by atoms with Crippen LogP contribution < -0.4 is 5.73 Å². The first-order valence-corrected chi connectivity index (χ1v) is 5.18. The summed E-state index contributed by atoms with van der Waals surface area (Å²) in [4.78, 5) is 4.36. The van der Waals surface area contributed by atoms with Gasteiger partial charge in [-0.3, -0.25) is 0 Å². The molecule has 0 unspecified atom stereocenters. The Kier molecular flexibility index (Phi) is 2.19. The number of nitrogens with zero attached hydrogens (tertiary/aromatic N) is 3. The first kappa shape index (κ1) is 9.45. The maximum Gasteiger partial charge on any atom is 0.178 e. The van der Waals surface area contributed by atoms with Gasteiger partial charge in [-0.15, -0.1) is 0 Å². The topological polar surface area (TPSA) is 56.2 Å². The number of aromatic nitrogens is 3. The van der Waals surface area contributed by atoms with Gasteiger partial charge in [0.15, 0.2) is 11.5 Å². The molecule has 0 aliphatic rings. The van der Waals surface area contributed by atoms with Crippen LogP contribution in [0.1, 0.15) is 25.6 Å². The SMILES string of the molecule is CC(C)c1nc2c(N)cc(Br)cn2n1. The quantitative estimate of drug-likeness (QED) is 0.849. The van der Waals surface area contributed by atoms with Crippen molar-refractivity contribution in [2.24, 2.45) is 0 Å². The summed E-state index contributed by atoms with van der Waals surface area (Å²) in [6.07, 6.45) is 1.85. The van der Waals surface area contributed by atoms with Gasteiger partial charge in [-0.05, 0) is 22.0 Å². The van der Waals surface area contributed by atoms with Crippen molar-refractivity contribution in [3.05, 3.63) is 22.6 Å². The van der Waals surface area contributed by atoms with Crippen molar-refractivity contribution in [2.75, 3.05) is 5.73 Å². The molecule has 2 aromatic heterocycles. The second kappa shape index (κ2) is 3.24. The van der Waals surface area contributed by atoms with Gasteiger partial charge in [0.1, 0.15) is 0 Å². The fourth-order valence-corrected chi connectivity index (χ4v) is 1.68. The lowest BCUT2D eigenvalue weighted by Gasteiger charge is -1.96. The Morgan fingerprint density at radius 2 is 2.21 bits per heavy atom. The highest BCUT2D eigenvalue weighted by atomic mass is 79.9. The van der Waals surface area contributed by atoms with Crippen molar-refractivity contribution in [2.45, 2.75) is 19.8 Å². The van der Waals surface area contributed by atoms with Crippen LogP contribution in [0.2, 0.25) is 0 Å². The standard InChI is InChI=1S/C9H11BrN4/c1-5(2)8-12-9-7(11)3-6(10)4-14(9)13-8/h3-5H,11H2,1-2H3. The third kappa shape index (κ3) is 1.48. The number of hydrogen-bond donors (Lipinski definition) is 1. The Bertz CT molecular complexity index is 475. The van der Waals surface area contributed by atoms with Crippen molar-refractivity contribution in [3.63, 3.8) is 0 Å². The average Bonchev–Trinajstić information content (AvgIpc) is 2.47. The van der Waals surface area contributed by atoms with E-state index in [0.29, 0.717) is 11.6 Å². The van der Waals surface area contributed by atoms with Gasteiger partial charge in [0.25, 0.3) is 0 Å².